The normalized spacial score (nSPS) is 10.2. The summed E-state index contributed by atoms with van der Waals surface area (Å²) in [7, 11) is 0. The highest BCUT2D eigenvalue weighted by Gasteiger charge is 2.27. The Morgan fingerprint density at radius 2 is 0.906 bits per heavy atom. The molecule has 0 heterocycles. The van der Waals surface area contributed by atoms with E-state index in [1.807, 2.05) is 0 Å². The third kappa shape index (κ3) is 5.37. The maximum absolute atomic E-state index is 12.6. The van der Waals surface area contributed by atoms with Crippen LogP contribution in [0.2, 0.25) is 0 Å². The van der Waals surface area contributed by atoms with E-state index in [2.05, 4.69) is 0 Å². The Bertz CT molecular complexity index is 1060. The number of rotatable bonds is 8. The van der Waals surface area contributed by atoms with Gasteiger partial charge in [-0.1, -0.05) is 60.7 Å². The fourth-order valence-electron chi connectivity index (χ4n) is 2.89. The minimum absolute atomic E-state index is 0.132. The van der Waals surface area contributed by atoms with E-state index in [4.69, 9.17) is 9.47 Å². The molecule has 0 bridgehead atoms. The fourth-order valence-corrected chi connectivity index (χ4v) is 2.89. The number of aromatic carboxylic acids is 2. The number of ether oxygens (including phenoxy) is 2. The van der Waals surface area contributed by atoms with Crippen molar-refractivity contribution in [3.8, 4) is 0 Å². The van der Waals surface area contributed by atoms with Gasteiger partial charge in [0.05, 0.1) is 22.3 Å². The lowest BCUT2D eigenvalue weighted by Gasteiger charge is -2.12. The number of carboxylic acids is 2. The van der Waals surface area contributed by atoms with Crippen LogP contribution in [0.5, 0.6) is 0 Å². The highest BCUT2D eigenvalue weighted by Crippen LogP contribution is 2.21. The summed E-state index contributed by atoms with van der Waals surface area (Å²) >= 11 is 0. The molecular weight excluding hydrogens is 416 g/mol. The molecule has 0 saturated carbocycles. The van der Waals surface area contributed by atoms with Gasteiger partial charge in [-0.15, -0.1) is 0 Å². The van der Waals surface area contributed by atoms with Crippen LogP contribution in [0.1, 0.15) is 52.6 Å². The summed E-state index contributed by atoms with van der Waals surface area (Å²) in [4.78, 5) is 48.5. The van der Waals surface area contributed by atoms with Crippen molar-refractivity contribution < 1.29 is 38.9 Å². The molecule has 162 valence electrons. The number of hydrogen-bond acceptors (Lipinski definition) is 6. The molecule has 0 amide bonds. The van der Waals surface area contributed by atoms with E-state index >= 15 is 0 Å². The Balaban J connectivity index is 1.91. The van der Waals surface area contributed by atoms with Gasteiger partial charge in [0.2, 0.25) is 0 Å². The molecule has 0 aromatic heterocycles. The van der Waals surface area contributed by atoms with Crippen LogP contribution in [-0.2, 0) is 22.7 Å². The van der Waals surface area contributed by atoms with E-state index in [0.29, 0.717) is 11.1 Å². The van der Waals surface area contributed by atoms with Gasteiger partial charge in [-0.05, 0) is 23.3 Å². The lowest BCUT2D eigenvalue weighted by molar-refractivity contribution is 0.0455. The molecule has 0 atom stereocenters. The van der Waals surface area contributed by atoms with Crippen LogP contribution >= 0.6 is 0 Å². The van der Waals surface area contributed by atoms with E-state index in [0.717, 1.165) is 12.1 Å². The zero-order valence-electron chi connectivity index (χ0n) is 16.7. The van der Waals surface area contributed by atoms with Gasteiger partial charge in [-0.3, -0.25) is 0 Å². The molecule has 0 radical (unpaired) electrons. The van der Waals surface area contributed by atoms with Crippen LogP contribution in [0.15, 0.2) is 72.8 Å². The lowest BCUT2D eigenvalue weighted by Crippen LogP contribution is -2.18. The first-order chi connectivity index (χ1) is 15.4. The van der Waals surface area contributed by atoms with Crippen LogP contribution in [0.3, 0.4) is 0 Å². The van der Waals surface area contributed by atoms with Crippen molar-refractivity contribution in [2.24, 2.45) is 0 Å². The SMILES string of the molecule is O=C(O)c1cc(C(=O)O)c(C(=O)OCc2ccccc2)cc1C(=O)OCc1ccccc1. The van der Waals surface area contributed by atoms with Gasteiger partial charge in [0.25, 0.3) is 0 Å². The first kappa shape index (κ1) is 22.2. The second-order valence-corrected chi connectivity index (χ2v) is 6.68. The molecule has 0 unspecified atom stereocenters. The molecule has 3 rings (SSSR count). The second-order valence-electron chi connectivity index (χ2n) is 6.68. The molecule has 32 heavy (non-hydrogen) atoms. The summed E-state index contributed by atoms with van der Waals surface area (Å²) in [5.41, 5.74) is -0.764. The van der Waals surface area contributed by atoms with Crippen LogP contribution in [-0.4, -0.2) is 34.1 Å². The summed E-state index contributed by atoms with van der Waals surface area (Å²) in [6, 6.07) is 19.0. The molecular formula is C24H18O8. The summed E-state index contributed by atoms with van der Waals surface area (Å²) in [6.45, 7) is -0.263. The van der Waals surface area contributed by atoms with Gasteiger partial charge in [0, 0.05) is 0 Å². The van der Waals surface area contributed by atoms with Crippen molar-refractivity contribution in [3.05, 3.63) is 106 Å². The number of carbonyl (C=O) groups excluding carboxylic acids is 2. The minimum atomic E-state index is -1.54. The lowest BCUT2D eigenvalue weighted by atomic mass is 9.98. The Kier molecular flexibility index (Phi) is 6.97. The fraction of sp³-hybridized carbons (Fsp3) is 0.0833. The van der Waals surface area contributed by atoms with E-state index in [-0.39, 0.29) is 13.2 Å². The number of hydrogen-bond donors (Lipinski definition) is 2. The second kappa shape index (κ2) is 10.0. The summed E-state index contributed by atoms with van der Waals surface area (Å²) in [5, 5.41) is 18.9. The Labute approximate surface area is 182 Å². The highest BCUT2D eigenvalue weighted by molar-refractivity contribution is 6.09. The van der Waals surface area contributed by atoms with Gasteiger partial charge < -0.3 is 19.7 Å². The van der Waals surface area contributed by atoms with E-state index in [9.17, 15) is 29.4 Å². The zero-order valence-corrected chi connectivity index (χ0v) is 16.7. The van der Waals surface area contributed by atoms with Gasteiger partial charge in [0.15, 0.2) is 0 Å². The van der Waals surface area contributed by atoms with Gasteiger partial charge in [-0.25, -0.2) is 19.2 Å². The predicted octanol–water partition coefficient (Wildman–Crippen LogP) is 3.80. The maximum atomic E-state index is 12.6. The summed E-state index contributed by atoms with van der Waals surface area (Å²) < 4.78 is 10.3. The van der Waals surface area contributed by atoms with E-state index in [1.165, 1.54) is 0 Å². The van der Waals surface area contributed by atoms with Crippen molar-refractivity contribution in [2.45, 2.75) is 13.2 Å². The largest absolute Gasteiger partial charge is 0.478 e. The quantitative estimate of drug-likeness (QED) is 0.513. The van der Waals surface area contributed by atoms with Crippen molar-refractivity contribution in [1.29, 1.82) is 0 Å². The molecule has 8 nitrogen and oxygen atoms in total. The Morgan fingerprint density at radius 1 is 0.562 bits per heavy atom. The van der Waals surface area contributed by atoms with Crippen LogP contribution in [0.25, 0.3) is 0 Å². The topological polar surface area (TPSA) is 127 Å². The van der Waals surface area contributed by atoms with E-state index < -0.39 is 46.1 Å². The molecule has 0 aliphatic heterocycles. The molecule has 2 N–H and O–H groups in total. The predicted molar refractivity (Wildman–Crippen MR) is 111 cm³/mol. The van der Waals surface area contributed by atoms with Gasteiger partial charge in [0.1, 0.15) is 13.2 Å². The molecule has 0 fully saturated rings. The number of benzene rings is 3. The summed E-state index contributed by atoms with van der Waals surface area (Å²) in [6.07, 6.45) is 0. The standard InChI is InChI=1S/C24H18O8/c25-21(26)17-11-18(22(27)28)20(24(30)32-14-16-9-5-2-6-10-16)12-19(17)23(29)31-13-15-7-3-1-4-8-15/h1-12H,13-14H2,(H,25,26)(H,27,28). The molecule has 3 aromatic carbocycles. The first-order valence-electron chi connectivity index (χ1n) is 9.43. The van der Waals surface area contributed by atoms with Crippen molar-refractivity contribution >= 4 is 23.9 Å². The Hall–Kier alpha value is -4.46. The Morgan fingerprint density at radius 3 is 1.25 bits per heavy atom. The molecule has 0 aliphatic rings. The number of carbonyl (C=O) groups is 4. The third-order valence-corrected chi connectivity index (χ3v) is 4.48. The van der Waals surface area contributed by atoms with E-state index in [1.54, 1.807) is 60.7 Å². The van der Waals surface area contributed by atoms with Crippen LogP contribution < -0.4 is 0 Å². The van der Waals surface area contributed by atoms with Crippen molar-refractivity contribution in [3.63, 3.8) is 0 Å². The summed E-state index contributed by atoms with van der Waals surface area (Å²) in [5.74, 6) is -5.10. The minimum Gasteiger partial charge on any atom is -0.478 e. The smallest absolute Gasteiger partial charge is 0.339 e. The molecule has 0 saturated heterocycles. The van der Waals surface area contributed by atoms with Gasteiger partial charge in [-0.2, -0.15) is 0 Å². The monoisotopic (exact) mass is 434 g/mol. The van der Waals surface area contributed by atoms with Crippen molar-refractivity contribution in [1.82, 2.24) is 0 Å². The first-order valence-corrected chi connectivity index (χ1v) is 9.43. The molecule has 0 aliphatic carbocycles. The average Bonchev–Trinajstić information content (AvgIpc) is 2.81. The number of esters is 2. The number of carboxylic acid groups (broad SMARTS) is 2. The van der Waals surface area contributed by atoms with Gasteiger partial charge >= 0.3 is 23.9 Å². The maximum Gasteiger partial charge on any atom is 0.339 e. The average molecular weight is 434 g/mol. The molecule has 0 spiro atoms. The molecule has 3 aromatic rings. The molecule has 8 heteroatoms. The zero-order chi connectivity index (χ0) is 23.1. The van der Waals surface area contributed by atoms with Crippen LogP contribution in [0.4, 0.5) is 0 Å². The third-order valence-electron chi connectivity index (χ3n) is 4.48. The highest BCUT2D eigenvalue weighted by atomic mass is 16.5. The van der Waals surface area contributed by atoms with Crippen molar-refractivity contribution in [2.75, 3.05) is 0 Å². The van der Waals surface area contributed by atoms with Crippen LogP contribution in [0, 0.1) is 0 Å².